The molecule has 2 aromatic rings. The lowest BCUT2D eigenvalue weighted by Gasteiger charge is -2.23. The number of hydrazine groups is 1. The van der Waals surface area contributed by atoms with Crippen molar-refractivity contribution in [2.75, 3.05) is 0 Å². The molecule has 3 N–H and O–H groups in total. The van der Waals surface area contributed by atoms with E-state index in [1.165, 1.54) is 0 Å². The summed E-state index contributed by atoms with van der Waals surface area (Å²) >= 11 is 0. The lowest BCUT2D eigenvalue weighted by molar-refractivity contribution is -0.126. The zero-order valence-electron chi connectivity index (χ0n) is 11.5. The number of carbonyl (C=O) groups is 1. The predicted molar refractivity (Wildman–Crippen MR) is 78.7 cm³/mol. The van der Waals surface area contributed by atoms with Crippen LogP contribution < -0.4 is 11.3 Å². The van der Waals surface area contributed by atoms with Gasteiger partial charge in [0, 0.05) is 5.41 Å². The van der Waals surface area contributed by atoms with E-state index < -0.39 is 5.41 Å². The summed E-state index contributed by atoms with van der Waals surface area (Å²) in [4.78, 5) is 12.2. The van der Waals surface area contributed by atoms with Gasteiger partial charge in [0.1, 0.15) is 0 Å². The summed E-state index contributed by atoms with van der Waals surface area (Å²) in [6, 6.07) is 20.4. The standard InChI is InChI=1S/C17H18N2O/c1-16(15(20)19-18)12-17(16,13-8-4-2-5-9-13)14-10-6-3-7-11-14/h2-11H,12,18H2,1H3,(H,19,20)/t16-/m0/s1. The normalized spacial score (nSPS) is 23.1. The molecule has 20 heavy (non-hydrogen) atoms. The lowest BCUT2D eigenvalue weighted by atomic mass is 9.80. The minimum absolute atomic E-state index is 0.106. The van der Waals surface area contributed by atoms with Crippen LogP contribution in [0.15, 0.2) is 60.7 Å². The van der Waals surface area contributed by atoms with Gasteiger partial charge in [-0.2, -0.15) is 0 Å². The fourth-order valence-corrected chi connectivity index (χ4v) is 3.37. The molecular weight excluding hydrogens is 248 g/mol. The molecule has 102 valence electrons. The molecule has 0 aromatic heterocycles. The van der Waals surface area contributed by atoms with Gasteiger partial charge in [-0.3, -0.25) is 10.2 Å². The second kappa shape index (κ2) is 4.46. The topological polar surface area (TPSA) is 55.1 Å². The Hall–Kier alpha value is -2.13. The molecule has 3 nitrogen and oxygen atoms in total. The molecule has 1 aliphatic rings. The van der Waals surface area contributed by atoms with Crippen molar-refractivity contribution in [2.45, 2.75) is 18.8 Å². The number of nitrogens with two attached hydrogens (primary N) is 1. The van der Waals surface area contributed by atoms with Crippen LogP contribution in [-0.2, 0) is 10.2 Å². The summed E-state index contributed by atoms with van der Waals surface area (Å²) < 4.78 is 0. The van der Waals surface area contributed by atoms with Crippen LogP contribution in [-0.4, -0.2) is 5.91 Å². The Balaban J connectivity index is 2.15. The number of rotatable bonds is 3. The number of benzene rings is 2. The molecule has 2 aromatic carbocycles. The zero-order valence-corrected chi connectivity index (χ0v) is 11.5. The molecule has 1 saturated carbocycles. The van der Waals surface area contributed by atoms with E-state index in [-0.39, 0.29) is 11.3 Å². The van der Waals surface area contributed by atoms with Crippen LogP contribution in [0.2, 0.25) is 0 Å². The summed E-state index contributed by atoms with van der Waals surface area (Å²) in [6.07, 6.45) is 0.775. The number of hydrogen-bond donors (Lipinski definition) is 2. The van der Waals surface area contributed by atoms with Gasteiger partial charge >= 0.3 is 0 Å². The van der Waals surface area contributed by atoms with Crippen LogP contribution in [0, 0.1) is 5.41 Å². The summed E-state index contributed by atoms with van der Waals surface area (Å²) in [5.74, 6) is 5.27. The summed E-state index contributed by atoms with van der Waals surface area (Å²) in [6.45, 7) is 1.98. The van der Waals surface area contributed by atoms with Gasteiger partial charge < -0.3 is 0 Å². The first-order valence-electron chi connectivity index (χ1n) is 6.77. The van der Waals surface area contributed by atoms with Gasteiger partial charge in [-0.25, -0.2) is 5.84 Å². The number of hydrogen-bond acceptors (Lipinski definition) is 2. The fraction of sp³-hybridized carbons (Fsp3) is 0.235. The van der Waals surface area contributed by atoms with E-state index in [0.717, 1.165) is 17.5 Å². The monoisotopic (exact) mass is 266 g/mol. The fourth-order valence-electron chi connectivity index (χ4n) is 3.37. The van der Waals surface area contributed by atoms with Crippen LogP contribution >= 0.6 is 0 Å². The van der Waals surface area contributed by atoms with Crippen LogP contribution in [0.3, 0.4) is 0 Å². The van der Waals surface area contributed by atoms with Gasteiger partial charge in [0.25, 0.3) is 0 Å². The molecule has 1 amide bonds. The Kier molecular flexibility index (Phi) is 2.87. The molecule has 1 fully saturated rings. The van der Waals surface area contributed by atoms with Crippen molar-refractivity contribution in [3.63, 3.8) is 0 Å². The van der Waals surface area contributed by atoms with E-state index >= 15 is 0 Å². The lowest BCUT2D eigenvalue weighted by Crippen LogP contribution is -2.39. The molecule has 0 unspecified atom stereocenters. The third-order valence-electron chi connectivity index (χ3n) is 4.60. The van der Waals surface area contributed by atoms with Gasteiger partial charge in [0.15, 0.2) is 0 Å². The first-order chi connectivity index (χ1) is 9.65. The SMILES string of the molecule is C[C@@]1(C(=O)NN)CC1(c1ccccc1)c1ccccc1. The van der Waals surface area contributed by atoms with E-state index in [1.807, 2.05) is 43.3 Å². The Morgan fingerprint density at radius 3 is 1.85 bits per heavy atom. The van der Waals surface area contributed by atoms with Gasteiger partial charge in [0.2, 0.25) is 5.91 Å². The first kappa shape index (κ1) is 12.9. The van der Waals surface area contributed by atoms with Crippen molar-refractivity contribution in [1.29, 1.82) is 0 Å². The van der Waals surface area contributed by atoms with Crippen molar-refractivity contribution in [3.8, 4) is 0 Å². The molecule has 1 aliphatic carbocycles. The van der Waals surface area contributed by atoms with E-state index in [2.05, 4.69) is 29.7 Å². The maximum atomic E-state index is 12.2. The average Bonchev–Trinajstić information content (AvgIpc) is 3.17. The van der Waals surface area contributed by atoms with Crippen LogP contribution in [0.1, 0.15) is 24.5 Å². The molecule has 0 saturated heterocycles. The zero-order chi connectivity index (χ0) is 14.2. The van der Waals surface area contributed by atoms with Crippen LogP contribution in [0.5, 0.6) is 0 Å². The highest BCUT2D eigenvalue weighted by Gasteiger charge is 2.70. The minimum Gasteiger partial charge on any atom is -0.294 e. The highest BCUT2D eigenvalue weighted by Crippen LogP contribution is 2.68. The second-order valence-corrected chi connectivity index (χ2v) is 5.62. The van der Waals surface area contributed by atoms with Crippen molar-refractivity contribution >= 4 is 5.91 Å². The van der Waals surface area contributed by atoms with E-state index in [9.17, 15) is 4.79 Å². The molecular formula is C17H18N2O. The maximum absolute atomic E-state index is 12.2. The third-order valence-corrected chi connectivity index (χ3v) is 4.60. The molecule has 0 bridgehead atoms. The molecule has 0 spiro atoms. The quantitative estimate of drug-likeness (QED) is 0.509. The molecule has 3 heteroatoms. The van der Waals surface area contributed by atoms with Crippen molar-refractivity contribution in [1.82, 2.24) is 5.43 Å². The summed E-state index contributed by atoms with van der Waals surface area (Å²) in [5, 5.41) is 0. The van der Waals surface area contributed by atoms with E-state index in [1.54, 1.807) is 0 Å². The smallest absolute Gasteiger partial charge is 0.241 e. The van der Waals surface area contributed by atoms with Crippen LogP contribution in [0.4, 0.5) is 0 Å². The van der Waals surface area contributed by atoms with Gasteiger partial charge in [-0.05, 0) is 24.5 Å². The molecule has 3 rings (SSSR count). The predicted octanol–water partition coefficient (Wildman–Crippen LogP) is 2.37. The largest absolute Gasteiger partial charge is 0.294 e. The third kappa shape index (κ3) is 1.60. The Morgan fingerprint density at radius 1 is 1.00 bits per heavy atom. The summed E-state index contributed by atoms with van der Waals surface area (Å²) in [7, 11) is 0. The highest BCUT2D eigenvalue weighted by molar-refractivity contribution is 5.89. The van der Waals surface area contributed by atoms with Gasteiger partial charge in [0.05, 0.1) is 5.41 Å². The molecule has 0 heterocycles. The van der Waals surface area contributed by atoms with Crippen LogP contribution in [0.25, 0.3) is 0 Å². The number of nitrogens with one attached hydrogen (secondary N) is 1. The first-order valence-corrected chi connectivity index (χ1v) is 6.77. The van der Waals surface area contributed by atoms with Crippen molar-refractivity contribution in [3.05, 3.63) is 71.8 Å². The Labute approximate surface area is 118 Å². The second-order valence-electron chi connectivity index (χ2n) is 5.62. The Morgan fingerprint density at radius 2 is 1.45 bits per heavy atom. The minimum atomic E-state index is -0.496. The van der Waals surface area contributed by atoms with Crippen molar-refractivity contribution < 1.29 is 4.79 Å². The molecule has 1 atom stereocenters. The molecule has 0 aliphatic heterocycles. The number of carbonyl (C=O) groups excluding carboxylic acids is 1. The summed E-state index contributed by atoms with van der Waals surface area (Å²) in [5.41, 5.74) is 3.88. The van der Waals surface area contributed by atoms with Crippen molar-refractivity contribution in [2.24, 2.45) is 11.3 Å². The van der Waals surface area contributed by atoms with E-state index in [0.29, 0.717) is 0 Å². The molecule has 0 radical (unpaired) electrons. The van der Waals surface area contributed by atoms with Gasteiger partial charge in [-0.1, -0.05) is 60.7 Å². The number of amides is 1. The maximum Gasteiger partial charge on any atom is 0.241 e. The average molecular weight is 266 g/mol. The van der Waals surface area contributed by atoms with Gasteiger partial charge in [-0.15, -0.1) is 0 Å². The highest BCUT2D eigenvalue weighted by atomic mass is 16.2. The van der Waals surface area contributed by atoms with E-state index in [4.69, 9.17) is 5.84 Å². The Bertz CT molecular complexity index is 584.